The van der Waals surface area contributed by atoms with Crippen molar-refractivity contribution in [1.82, 2.24) is 19.9 Å². The average molecular weight is 379 g/mol. The summed E-state index contributed by atoms with van der Waals surface area (Å²) in [6.45, 7) is 1.20. The molecule has 1 N–H and O–H groups in total. The van der Waals surface area contributed by atoms with Crippen molar-refractivity contribution in [3.8, 4) is 0 Å². The molecule has 0 unspecified atom stereocenters. The van der Waals surface area contributed by atoms with Crippen LogP contribution in [0, 0.1) is 0 Å². The molecule has 1 aliphatic rings. The number of hydrogen-bond acceptors (Lipinski definition) is 6. The van der Waals surface area contributed by atoms with E-state index in [0.717, 1.165) is 10.6 Å². The zero-order chi connectivity index (χ0) is 18.6. The van der Waals surface area contributed by atoms with Gasteiger partial charge in [-0.1, -0.05) is 0 Å². The lowest BCUT2D eigenvalue weighted by molar-refractivity contribution is 0.0762. The van der Waals surface area contributed by atoms with E-state index in [1.807, 2.05) is 4.90 Å². The number of fused-ring (bicyclic) bond motifs is 1. The third-order valence-corrected chi connectivity index (χ3v) is 5.49. The molecule has 3 aromatic heterocycles. The van der Waals surface area contributed by atoms with Crippen LogP contribution >= 0.6 is 11.3 Å². The highest BCUT2D eigenvalue weighted by molar-refractivity contribution is 7.13. The van der Waals surface area contributed by atoms with E-state index in [2.05, 4.69) is 20.3 Å². The molecule has 3 aromatic rings. The highest BCUT2D eigenvalue weighted by Crippen LogP contribution is 2.24. The third-order valence-electron chi connectivity index (χ3n) is 4.33. The zero-order valence-corrected chi connectivity index (χ0v) is 15.3. The fourth-order valence-corrected chi connectivity index (χ4v) is 3.95. The Kier molecular flexibility index (Phi) is 4.88. The molecule has 0 saturated heterocycles. The van der Waals surface area contributed by atoms with Gasteiger partial charge in [0, 0.05) is 55.0 Å². The number of aromatic nitrogens is 3. The molecule has 0 saturated carbocycles. The van der Waals surface area contributed by atoms with Crippen LogP contribution in [0.15, 0.2) is 49.1 Å². The van der Waals surface area contributed by atoms with Crippen LogP contribution in [0.5, 0.6) is 0 Å². The van der Waals surface area contributed by atoms with Crippen molar-refractivity contribution in [2.75, 3.05) is 18.4 Å². The largest absolute Gasteiger partial charge is 0.338 e. The first-order valence-electron chi connectivity index (χ1n) is 8.60. The van der Waals surface area contributed by atoms with Gasteiger partial charge in [0.15, 0.2) is 5.01 Å². The number of hydrogen-bond donors (Lipinski definition) is 1. The van der Waals surface area contributed by atoms with Gasteiger partial charge < -0.3 is 10.2 Å². The van der Waals surface area contributed by atoms with Crippen LogP contribution in [0.3, 0.4) is 0 Å². The van der Waals surface area contributed by atoms with Gasteiger partial charge in [0.25, 0.3) is 11.8 Å². The van der Waals surface area contributed by atoms with Crippen molar-refractivity contribution in [3.63, 3.8) is 0 Å². The Morgan fingerprint density at radius 1 is 1.04 bits per heavy atom. The Hall–Kier alpha value is -3.13. The standard InChI is InChI=1S/C19H17N5O2S/c25-17(22-14-2-1-7-21-12-14)18-23-15-5-10-24(11-6-16(15)27-18)19(26)13-3-8-20-9-4-13/h1-4,7-9,12H,5-6,10-11H2,(H,22,25). The topological polar surface area (TPSA) is 88.1 Å². The quantitative estimate of drug-likeness (QED) is 0.755. The van der Waals surface area contributed by atoms with Gasteiger partial charge in [-0.05, 0) is 24.3 Å². The second-order valence-corrected chi connectivity index (χ2v) is 7.20. The lowest BCUT2D eigenvalue weighted by Crippen LogP contribution is -2.33. The number of thiazole rings is 1. The maximum Gasteiger partial charge on any atom is 0.284 e. The fourth-order valence-electron chi connectivity index (χ4n) is 2.96. The minimum atomic E-state index is -0.231. The molecular weight excluding hydrogens is 362 g/mol. The molecule has 0 aliphatic carbocycles. The summed E-state index contributed by atoms with van der Waals surface area (Å²) in [5.41, 5.74) is 2.18. The molecule has 0 radical (unpaired) electrons. The van der Waals surface area contributed by atoms with E-state index in [1.165, 1.54) is 11.3 Å². The summed E-state index contributed by atoms with van der Waals surface area (Å²) >= 11 is 1.39. The predicted octanol–water partition coefficient (Wildman–Crippen LogP) is 2.43. The molecule has 0 spiro atoms. The molecule has 0 fully saturated rings. The molecule has 0 atom stereocenters. The van der Waals surface area contributed by atoms with Crippen molar-refractivity contribution in [2.24, 2.45) is 0 Å². The van der Waals surface area contributed by atoms with Gasteiger partial charge in [-0.25, -0.2) is 4.98 Å². The van der Waals surface area contributed by atoms with Crippen LogP contribution in [0.25, 0.3) is 0 Å². The Labute approximate surface area is 160 Å². The SMILES string of the molecule is O=C(Nc1cccnc1)c1nc2c(s1)CCN(C(=O)c1ccncc1)CC2. The number of carbonyl (C=O) groups is 2. The Balaban J connectivity index is 1.44. The van der Waals surface area contributed by atoms with Crippen LogP contribution in [0.2, 0.25) is 0 Å². The Morgan fingerprint density at radius 2 is 1.85 bits per heavy atom. The highest BCUT2D eigenvalue weighted by atomic mass is 32.1. The molecular formula is C19H17N5O2S. The molecule has 4 rings (SSSR count). The van der Waals surface area contributed by atoms with E-state index in [1.54, 1.807) is 49.1 Å². The molecule has 27 heavy (non-hydrogen) atoms. The van der Waals surface area contributed by atoms with Crippen LogP contribution in [0.1, 0.15) is 30.7 Å². The van der Waals surface area contributed by atoms with Gasteiger partial charge in [-0.15, -0.1) is 11.3 Å². The van der Waals surface area contributed by atoms with Crippen LogP contribution in [0.4, 0.5) is 5.69 Å². The minimum Gasteiger partial charge on any atom is -0.338 e. The van der Waals surface area contributed by atoms with Crippen molar-refractivity contribution >= 4 is 28.8 Å². The number of pyridine rings is 2. The van der Waals surface area contributed by atoms with Gasteiger partial charge in [0.1, 0.15) is 0 Å². The number of nitrogens with one attached hydrogen (secondary N) is 1. The summed E-state index contributed by atoms with van der Waals surface area (Å²) < 4.78 is 0. The first-order valence-corrected chi connectivity index (χ1v) is 9.41. The van der Waals surface area contributed by atoms with Crippen LogP contribution in [-0.4, -0.2) is 44.8 Å². The number of rotatable bonds is 3. The van der Waals surface area contributed by atoms with E-state index in [4.69, 9.17) is 0 Å². The molecule has 7 nitrogen and oxygen atoms in total. The summed E-state index contributed by atoms with van der Waals surface area (Å²) in [6.07, 6.45) is 7.83. The lowest BCUT2D eigenvalue weighted by Gasteiger charge is -2.20. The van der Waals surface area contributed by atoms with E-state index < -0.39 is 0 Å². The van der Waals surface area contributed by atoms with E-state index in [9.17, 15) is 9.59 Å². The summed E-state index contributed by atoms with van der Waals surface area (Å²) in [4.78, 5) is 40.4. The highest BCUT2D eigenvalue weighted by Gasteiger charge is 2.24. The molecule has 1 aliphatic heterocycles. The third kappa shape index (κ3) is 3.85. The average Bonchev–Trinajstić information content (AvgIpc) is 3.02. The normalized spacial score (nSPS) is 13.6. The van der Waals surface area contributed by atoms with E-state index in [0.29, 0.717) is 42.2 Å². The summed E-state index contributed by atoms with van der Waals surface area (Å²) in [6, 6.07) is 7.00. The first kappa shape index (κ1) is 17.3. The Morgan fingerprint density at radius 3 is 2.63 bits per heavy atom. The molecule has 0 bridgehead atoms. The van der Waals surface area contributed by atoms with E-state index in [-0.39, 0.29) is 11.8 Å². The minimum absolute atomic E-state index is 0.00194. The van der Waals surface area contributed by atoms with Gasteiger partial charge in [-0.2, -0.15) is 0 Å². The monoisotopic (exact) mass is 379 g/mol. The molecule has 2 amide bonds. The second-order valence-electron chi connectivity index (χ2n) is 6.11. The Bertz CT molecular complexity index is 933. The zero-order valence-electron chi connectivity index (χ0n) is 14.5. The number of amides is 2. The van der Waals surface area contributed by atoms with Crippen molar-refractivity contribution in [1.29, 1.82) is 0 Å². The van der Waals surface area contributed by atoms with Gasteiger partial charge in [0.05, 0.1) is 17.6 Å². The predicted molar refractivity (Wildman–Crippen MR) is 102 cm³/mol. The van der Waals surface area contributed by atoms with Gasteiger partial charge >= 0.3 is 0 Å². The van der Waals surface area contributed by atoms with Crippen molar-refractivity contribution < 1.29 is 9.59 Å². The lowest BCUT2D eigenvalue weighted by atomic mass is 10.2. The smallest absolute Gasteiger partial charge is 0.284 e. The summed E-state index contributed by atoms with van der Waals surface area (Å²) in [7, 11) is 0. The van der Waals surface area contributed by atoms with Crippen molar-refractivity contribution in [2.45, 2.75) is 12.8 Å². The molecule has 136 valence electrons. The summed E-state index contributed by atoms with van der Waals surface area (Å²) in [5, 5.41) is 3.25. The number of nitrogens with zero attached hydrogens (tertiary/aromatic N) is 4. The molecule has 0 aromatic carbocycles. The van der Waals surface area contributed by atoms with E-state index >= 15 is 0 Å². The first-order chi connectivity index (χ1) is 13.2. The van der Waals surface area contributed by atoms with Gasteiger partial charge in [0.2, 0.25) is 0 Å². The second kappa shape index (κ2) is 7.63. The van der Waals surface area contributed by atoms with Crippen molar-refractivity contribution in [3.05, 3.63) is 70.2 Å². The number of anilines is 1. The maximum absolute atomic E-state index is 12.6. The molecule has 4 heterocycles. The molecule has 8 heteroatoms. The van der Waals surface area contributed by atoms with Crippen LogP contribution in [-0.2, 0) is 12.8 Å². The maximum atomic E-state index is 12.6. The summed E-state index contributed by atoms with van der Waals surface area (Å²) in [5.74, 6) is -0.229. The number of carbonyl (C=O) groups excluding carboxylic acids is 2. The van der Waals surface area contributed by atoms with Gasteiger partial charge in [-0.3, -0.25) is 19.6 Å². The fraction of sp³-hybridized carbons (Fsp3) is 0.211. The van der Waals surface area contributed by atoms with Crippen LogP contribution < -0.4 is 5.32 Å².